The summed E-state index contributed by atoms with van der Waals surface area (Å²) in [7, 11) is 0. The Bertz CT molecular complexity index is 242. The summed E-state index contributed by atoms with van der Waals surface area (Å²) in [6.07, 6.45) is -6.76. The number of aliphatic hydroxyl groups excluding tert-OH is 4. The minimum atomic E-state index is -1.50. The van der Waals surface area contributed by atoms with Crippen LogP contribution in [0, 0.1) is 0 Å². The lowest BCUT2D eigenvalue weighted by molar-refractivity contribution is -0.227. The lowest BCUT2D eigenvalue weighted by Crippen LogP contribution is -2.57. The van der Waals surface area contributed by atoms with E-state index in [1.807, 2.05) is 0 Å². The first-order valence-corrected chi connectivity index (χ1v) is 3.96. The van der Waals surface area contributed by atoms with Crippen molar-refractivity contribution < 1.29 is 25.2 Å². The maximum absolute atomic E-state index is 9.27. The van der Waals surface area contributed by atoms with Crippen LogP contribution in [0.5, 0.6) is 0 Å². The van der Waals surface area contributed by atoms with Crippen molar-refractivity contribution in [3.8, 4) is 0 Å². The predicted molar refractivity (Wildman–Crippen MR) is 42.9 cm³/mol. The second kappa shape index (κ2) is 4.56. The molecule has 0 aromatic rings. The summed E-state index contributed by atoms with van der Waals surface area (Å²) in [6, 6.07) is 0. The highest BCUT2D eigenvalue weighted by Crippen LogP contribution is 2.21. The normalized spacial score (nSPS) is 43.0. The van der Waals surface area contributed by atoms with Gasteiger partial charge >= 0.3 is 0 Å². The first-order chi connectivity index (χ1) is 6.61. The molecule has 0 saturated carbocycles. The van der Waals surface area contributed by atoms with E-state index in [1.54, 1.807) is 0 Å². The van der Waals surface area contributed by atoms with Crippen LogP contribution in [0.15, 0.2) is 5.11 Å². The highest BCUT2D eigenvalue weighted by atomic mass is 16.6. The van der Waals surface area contributed by atoms with Gasteiger partial charge in [0.25, 0.3) is 0 Å². The Labute approximate surface area is 79.0 Å². The zero-order chi connectivity index (χ0) is 10.7. The first kappa shape index (κ1) is 11.2. The third-order valence-electron chi connectivity index (χ3n) is 2.03. The van der Waals surface area contributed by atoms with E-state index in [2.05, 4.69) is 10.0 Å². The highest BCUT2D eigenvalue weighted by molar-refractivity contribution is 4.90. The Balaban J connectivity index is 2.77. The van der Waals surface area contributed by atoms with E-state index in [4.69, 9.17) is 15.4 Å². The molecule has 0 aromatic carbocycles. The topological polar surface area (TPSA) is 139 Å². The van der Waals surface area contributed by atoms with E-state index in [-0.39, 0.29) is 0 Å². The molecule has 1 aliphatic heterocycles. The van der Waals surface area contributed by atoms with Crippen LogP contribution >= 0.6 is 0 Å². The lowest BCUT2D eigenvalue weighted by atomic mass is 9.99. The molecule has 4 N–H and O–H groups in total. The number of aliphatic hydroxyl groups is 4. The van der Waals surface area contributed by atoms with Gasteiger partial charge in [-0.3, -0.25) is 0 Å². The molecule has 0 spiro atoms. The number of hydrogen-bond donors (Lipinski definition) is 4. The van der Waals surface area contributed by atoms with Crippen LogP contribution in [-0.2, 0) is 4.74 Å². The molecule has 1 fully saturated rings. The minimum absolute atomic E-state index is 0.539. The standard InChI is InChI=1S/C6H11N3O5/c7-9-8-6-5(13)4(12)3(11)2(1-10)14-6/h2-6,10-13H,1H2/t2-,3-,4-,5-,6+/m0/s1. The highest BCUT2D eigenvalue weighted by Gasteiger charge is 2.42. The summed E-state index contributed by atoms with van der Waals surface area (Å²) < 4.78 is 4.84. The van der Waals surface area contributed by atoms with Crippen molar-refractivity contribution in [1.29, 1.82) is 0 Å². The maximum atomic E-state index is 9.27. The molecule has 80 valence electrons. The average Bonchev–Trinajstić information content (AvgIpc) is 2.19. The minimum Gasteiger partial charge on any atom is -0.394 e. The lowest BCUT2D eigenvalue weighted by Gasteiger charge is -2.37. The van der Waals surface area contributed by atoms with Crippen LogP contribution in [0.2, 0.25) is 0 Å². The second-order valence-corrected chi connectivity index (χ2v) is 2.92. The van der Waals surface area contributed by atoms with Crippen molar-refractivity contribution in [2.45, 2.75) is 30.6 Å². The van der Waals surface area contributed by atoms with Gasteiger partial charge in [0.2, 0.25) is 0 Å². The molecule has 0 unspecified atom stereocenters. The molecular weight excluding hydrogens is 194 g/mol. The van der Waals surface area contributed by atoms with Crippen molar-refractivity contribution >= 4 is 0 Å². The molecule has 5 atom stereocenters. The number of hydrogen-bond acceptors (Lipinski definition) is 6. The van der Waals surface area contributed by atoms with Crippen molar-refractivity contribution in [3.05, 3.63) is 10.4 Å². The van der Waals surface area contributed by atoms with E-state index in [1.165, 1.54) is 0 Å². The molecule has 0 radical (unpaired) electrons. The Hall–Kier alpha value is -0.890. The van der Waals surface area contributed by atoms with Crippen molar-refractivity contribution in [1.82, 2.24) is 0 Å². The third kappa shape index (κ3) is 1.95. The molecule has 8 nitrogen and oxygen atoms in total. The monoisotopic (exact) mass is 205 g/mol. The maximum Gasteiger partial charge on any atom is 0.165 e. The van der Waals surface area contributed by atoms with Crippen LogP contribution in [0.4, 0.5) is 0 Å². The van der Waals surface area contributed by atoms with Gasteiger partial charge < -0.3 is 25.2 Å². The smallest absolute Gasteiger partial charge is 0.165 e. The van der Waals surface area contributed by atoms with Crippen LogP contribution < -0.4 is 0 Å². The van der Waals surface area contributed by atoms with Crippen molar-refractivity contribution in [3.63, 3.8) is 0 Å². The fourth-order valence-corrected chi connectivity index (χ4v) is 1.23. The first-order valence-electron chi connectivity index (χ1n) is 3.96. The Morgan fingerprint density at radius 3 is 2.36 bits per heavy atom. The van der Waals surface area contributed by atoms with E-state index in [0.29, 0.717) is 0 Å². The molecule has 14 heavy (non-hydrogen) atoms. The molecular formula is C6H11N3O5. The fourth-order valence-electron chi connectivity index (χ4n) is 1.23. The third-order valence-corrected chi connectivity index (χ3v) is 2.03. The summed E-state index contributed by atoms with van der Waals surface area (Å²) in [5, 5.41) is 39.6. The predicted octanol–water partition coefficient (Wildman–Crippen LogP) is -1.90. The summed E-state index contributed by atoms with van der Waals surface area (Å²) in [5.41, 5.74) is 8.11. The Morgan fingerprint density at radius 1 is 1.21 bits per heavy atom. The summed E-state index contributed by atoms with van der Waals surface area (Å²) in [6.45, 7) is -0.539. The molecule has 1 saturated heterocycles. The molecule has 1 rings (SSSR count). The van der Waals surface area contributed by atoms with Crippen LogP contribution in [0.3, 0.4) is 0 Å². The molecule has 0 amide bonds. The van der Waals surface area contributed by atoms with Gasteiger partial charge in [0.15, 0.2) is 6.23 Å². The number of ether oxygens (including phenoxy) is 1. The summed E-state index contributed by atoms with van der Waals surface area (Å²) >= 11 is 0. The molecule has 0 aliphatic carbocycles. The fraction of sp³-hybridized carbons (Fsp3) is 1.00. The Morgan fingerprint density at radius 2 is 1.86 bits per heavy atom. The SMILES string of the molecule is [N-]=[N+]=N[C@@H]1O[C@@H](CO)[C@H](O)[C@H](O)[C@@H]1O. The molecule has 8 heteroatoms. The van der Waals surface area contributed by atoms with Crippen LogP contribution in [-0.4, -0.2) is 57.7 Å². The quantitative estimate of drug-likeness (QED) is 0.237. The van der Waals surface area contributed by atoms with Gasteiger partial charge in [-0.1, -0.05) is 5.11 Å². The zero-order valence-electron chi connectivity index (χ0n) is 7.13. The largest absolute Gasteiger partial charge is 0.394 e. The van der Waals surface area contributed by atoms with Gasteiger partial charge in [-0.25, -0.2) is 0 Å². The van der Waals surface area contributed by atoms with Gasteiger partial charge in [-0.15, -0.1) is 0 Å². The van der Waals surface area contributed by atoms with Crippen LogP contribution in [0.25, 0.3) is 10.4 Å². The summed E-state index contributed by atoms with van der Waals surface area (Å²) in [4.78, 5) is 2.40. The van der Waals surface area contributed by atoms with Gasteiger partial charge in [0.1, 0.15) is 24.4 Å². The average molecular weight is 205 g/mol. The van der Waals surface area contributed by atoms with Gasteiger partial charge in [0.05, 0.1) is 6.61 Å². The van der Waals surface area contributed by atoms with Crippen molar-refractivity contribution in [2.75, 3.05) is 6.61 Å². The van der Waals surface area contributed by atoms with Crippen molar-refractivity contribution in [2.24, 2.45) is 5.11 Å². The molecule has 0 aromatic heterocycles. The number of azide groups is 1. The zero-order valence-corrected chi connectivity index (χ0v) is 7.13. The summed E-state index contributed by atoms with van der Waals surface area (Å²) in [5.74, 6) is 0. The number of nitrogens with zero attached hydrogens (tertiary/aromatic N) is 3. The molecule has 1 aliphatic rings. The molecule has 1 heterocycles. The van der Waals surface area contributed by atoms with Gasteiger partial charge in [-0.2, -0.15) is 0 Å². The van der Waals surface area contributed by atoms with Gasteiger partial charge in [-0.05, 0) is 5.53 Å². The number of rotatable bonds is 2. The van der Waals surface area contributed by atoms with E-state index >= 15 is 0 Å². The van der Waals surface area contributed by atoms with Crippen LogP contribution in [0.1, 0.15) is 0 Å². The van der Waals surface area contributed by atoms with E-state index in [9.17, 15) is 15.3 Å². The van der Waals surface area contributed by atoms with E-state index < -0.39 is 37.3 Å². The van der Waals surface area contributed by atoms with Gasteiger partial charge in [0, 0.05) is 4.91 Å². The Kier molecular flexibility index (Phi) is 3.64. The second-order valence-electron chi connectivity index (χ2n) is 2.92. The van der Waals surface area contributed by atoms with E-state index in [0.717, 1.165) is 0 Å². The molecule has 0 bridgehead atoms.